The lowest BCUT2D eigenvalue weighted by molar-refractivity contribution is -0.114. The normalized spacial score (nSPS) is 11.4. The van der Waals surface area contributed by atoms with Crippen molar-refractivity contribution in [2.75, 3.05) is 34.7 Å². The molecule has 4 rings (SSSR count). The highest BCUT2D eigenvalue weighted by Crippen LogP contribution is 2.34. The zero-order chi connectivity index (χ0) is 32.7. The lowest BCUT2D eigenvalue weighted by atomic mass is 9.90. The fourth-order valence-corrected chi connectivity index (χ4v) is 8.78. The molecule has 0 radical (unpaired) electrons. The van der Waals surface area contributed by atoms with E-state index in [0.29, 0.717) is 0 Å². The summed E-state index contributed by atoms with van der Waals surface area (Å²) in [5, 5.41) is 7.80. The molecule has 0 aliphatic carbocycles. The zero-order valence-electron chi connectivity index (χ0n) is 26.6. The first-order valence-corrected chi connectivity index (χ1v) is 20.3. The molecule has 0 unspecified atom stereocenters. The van der Waals surface area contributed by atoms with Gasteiger partial charge in [-0.3, -0.25) is 9.59 Å². The van der Waals surface area contributed by atoms with Gasteiger partial charge in [0.05, 0.1) is 11.5 Å². The number of nitrogens with one attached hydrogen (secondary N) is 2. The number of thioether (sulfide) groups is 4. The average Bonchev–Trinajstić information content (AvgIpc) is 3.66. The maximum absolute atomic E-state index is 12.9. The molecule has 4 aromatic rings. The minimum atomic E-state index is -0.0556. The van der Waals surface area contributed by atoms with E-state index >= 15 is 0 Å². The SMILES string of the molecule is CSc1nsc(SCC(=O)Nc2c(C)cc(Cc3cc(C)c(NC(=O)CSc4nc(SC)ns4)c(C(C)C)c3)cc2C(C)C)n1. The number of anilines is 2. The fourth-order valence-electron chi connectivity index (χ4n) is 4.76. The molecule has 2 amide bonds. The van der Waals surface area contributed by atoms with Crippen LogP contribution in [0, 0.1) is 13.8 Å². The van der Waals surface area contributed by atoms with E-state index in [9.17, 15) is 9.59 Å². The number of hydrogen-bond donors (Lipinski definition) is 2. The van der Waals surface area contributed by atoms with Crippen LogP contribution in [0.2, 0.25) is 0 Å². The van der Waals surface area contributed by atoms with E-state index in [-0.39, 0.29) is 35.2 Å². The summed E-state index contributed by atoms with van der Waals surface area (Å²) >= 11 is 8.45. The first-order chi connectivity index (χ1) is 21.5. The number of amides is 2. The van der Waals surface area contributed by atoms with Crippen molar-refractivity contribution < 1.29 is 9.59 Å². The van der Waals surface area contributed by atoms with Crippen LogP contribution in [-0.4, -0.2) is 54.5 Å². The van der Waals surface area contributed by atoms with E-state index in [1.54, 1.807) is 0 Å². The molecule has 0 fully saturated rings. The number of carbonyl (C=O) groups is 2. The molecule has 2 aromatic carbocycles. The van der Waals surface area contributed by atoms with Gasteiger partial charge in [-0.25, -0.2) is 9.97 Å². The van der Waals surface area contributed by atoms with E-state index in [4.69, 9.17) is 0 Å². The standard InChI is InChI=1S/C31H38N6O2S6/c1-16(2)22-12-20(9-18(5)26(22)32-24(38)14-42-30-34-28(40-7)36-44-30)11-21-10-19(6)27(23(13-21)17(3)4)33-25(39)15-43-31-35-29(41-8)37-45-31/h9-10,12-13,16-17H,11,14-15H2,1-8H3,(H,32,38)(H,33,39). The first-order valence-electron chi connectivity index (χ1n) is 14.3. The van der Waals surface area contributed by atoms with E-state index < -0.39 is 0 Å². The number of aromatic nitrogens is 4. The Balaban J connectivity index is 1.47. The van der Waals surface area contributed by atoms with Crippen LogP contribution in [-0.2, 0) is 16.0 Å². The number of aryl methyl sites for hydroxylation is 2. The van der Waals surface area contributed by atoms with Crippen LogP contribution in [0.4, 0.5) is 11.4 Å². The molecule has 8 nitrogen and oxygen atoms in total. The van der Waals surface area contributed by atoms with Crippen molar-refractivity contribution in [3.63, 3.8) is 0 Å². The third kappa shape index (κ3) is 9.94. The highest BCUT2D eigenvalue weighted by molar-refractivity contribution is 8.02. The zero-order valence-corrected chi connectivity index (χ0v) is 31.5. The molecule has 0 aliphatic rings. The van der Waals surface area contributed by atoms with Crippen LogP contribution < -0.4 is 10.6 Å². The summed E-state index contributed by atoms with van der Waals surface area (Å²) < 4.78 is 10.1. The Hall–Kier alpha value is -2.10. The van der Waals surface area contributed by atoms with Gasteiger partial charge in [-0.15, -0.1) is 0 Å². The molecule has 0 aliphatic heterocycles. The Morgan fingerprint density at radius 3 is 1.44 bits per heavy atom. The number of carbonyl (C=O) groups excluding carboxylic acids is 2. The second-order valence-electron chi connectivity index (χ2n) is 11.0. The number of benzene rings is 2. The predicted octanol–water partition coefficient (Wildman–Crippen LogP) is 8.75. The average molecular weight is 719 g/mol. The topological polar surface area (TPSA) is 110 Å². The van der Waals surface area contributed by atoms with Crippen molar-refractivity contribution in [2.45, 2.75) is 78.8 Å². The van der Waals surface area contributed by atoms with Crippen molar-refractivity contribution in [2.24, 2.45) is 0 Å². The van der Waals surface area contributed by atoms with Gasteiger partial charge in [0.2, 0.25) is 22.1 Å². The van der Waals surface area contributed by atoms with Crippen LogP contribution in [0.5, 0.6) is 0 Å². The van der Waals surface area contributed by atoms with Crippen LogP contribution in [0.25, 0.3) is 0 Å². The molecule has 0 bridgehead atoms. The fraction of sp³-hybridized carbons (Fsp3) is 0.419. The Morgan fingerprint density at radius 2 is 1.11 bits per heavy atom. The Kier molecular flexibility index (Phi) is 13.2. The Bertz CT molecular complexity index is 1530. The monoisotopic (exact) mass is 718 g/mol. The van der Waals surface area contributed by atoms with Crippen LogP contribution in [0.15, 0.2) is 43.3 Å². The summed E-state index contributed by atoms with van der Waals surface area (Å²) in [5.74, 6) is 0.910. The van der Waals surface area contributed by atoms with Gasteiger partial charge in [0.15, 0.2) is 8.68 Å². The predicted molar refractivity (Wildman–Crippen MR) is 195 cm³/mol. The number of rotatable bonds is 14. The molecular formula is C31H38N6O2S6. The maximum atomic E-state index is 12.9. The lowest BCUT2D eigenvalue weighted by Gasteiger charge is -2.20. The molecule has 2 N–H and O–H groups in total. The van der Waals surface area contributed by atoms with Crippen LogP contribution >= 0.6 is 70.1 Å². The van der Waals surface area contributed by atoms with Crippen molar-refractivity contribution in [1.29, 1.82) is 0 Å². The Morgan fingerprint density at radius 1 is 0.711 bits per heavy atom. The molecular weight excluding hydrogens is 681 g/mol. The molecule has 2 aromatic heterocycles. The van der Waals surface area contributed by atoms with Gasteiger partial charge in [-0.05, 0) is 101 Å². The largest absolute Gasteiger partial charge is 0.325 e. The summed E-state index contributed by atoms with van der Waals surface area (Å²) in [6.07, 6.45) is 4.63. The molecule has 0 atom stereocenters. The molecule has 14 heteroatoms. The smallest absolute Gasteiger partial charge is 0.234 e. The second-order valence-corrected chi connectivity index (χ2v) is 16.5. The molecule has 0 spiro atoms. The lowest BCUT2D eigenvalue weighted by Crippen LogP contribution is -2.17. The minimum absolute atomic E-state index is 0.0556. The van der Waals surface area contributed by atoms with Gasteiger partial charge in [-0.2, -0.15) is 8.75 Å². The summed E-state index contributed by atoms with van der Waals surface area (Å²) in [4.78, 5) is 34.7. The molecule has 0 saturated heterocycles. The molecule has 45 heavy (non-hydrogen) atoms. The summed E-state index contributed by atoms with van der Waals surface area (Å²) in [5.41, 5.74) is 8.45. The maximum Gasteiger partial charge on any atom is 0.234 e. The van der Waals surface area contributed by atoms with Crippen molar-refractivity contribution in [3.05, 3.63) is 57.6 Å². The van der Waals surface area contributed by atoms with E-state index in [2.05, 4.69) is 95.2 Å². The van der Waals surface area contributed by atoms with Crippen molar-refractivity contribution in [3.8, 4) is 0 Å². The van der Waals surface area contributed by atoms with Gasteiger partial charge in [0.25, 0.3) is 0 Å². The van der Waals surface area contributed by atoms with Crippen LogP contribution in [0.1, 0.15) is 72.9 Å². The van der Waals surface area contributed by atoms with Gasteiger partial charge in [-0.1, -0.05) is 99.0 Å². The van der Waals surface area contributed by atoms with E-state index in [1.807, 2.05) is 12.5 Å². The van der Waals surface area contributed by atoms with Gasteiger partial charge >= 0.3 is 0 Å². The van der Waals surface area contributed by atoms with E-state index in [1.165, 1.54) is 81.2 Å². The number of nitrogens with zero attached hydrogens (tertiary/aromatic N) is 4. The molecule has 2 heterocycles. The minimum Gasteiger partial charge on any atom is -0.325 e. The van der Waals surface area contributed by atoms with Crippen LogP contribution in [0.3, 0.4) is 0 Å². The molecule has 0 saturated carbocycles. The summed E-state index contributed by atoms with van der Waals surface area (Å²) in [7, 11) is 0. The van der Waals surface area contributed by atoms with Gasteiger partial charge in [0.1, 0.15) is 0 Å². The van der Waals surface area contributed by atoms with Crippen molar-refractivity contribution >= 4 is 93.3 Å². The van der Waals surface area contributed by atoms with Gasteiger partial charge < -0.3 is 10.6 Å². The summed E-state index contributed by atoms with van der Waals surface area (Å²) in [6, 6.07) is 8.75. The Labute approximate surface area is 290 Å². The van der Waals surface area contributed by atoms with Gasteiger partial charge in [0, 0.05) is 11.4 Å². The second kappa shape index (κ2) is 16.6. The first kappa shape index (κ1) is 35.7. The highest BCUT2D eigenvalue weighted by atomic mass is 32.2. The third-order valence-corrected chi connectivity index (χ3v) is 11.8. The number of hydrogen-bond acceptors (Lipinski definition) is 12. The van der Waals surface area contributed by atoms with Crippen molar-refractivity contribution in [1.82, 2.24) is 18.7 Å². The quantitative estimate of drug-likeness (QED) is 0.123. The van der Waals surface area contributed by atoms with E-state index in [0.717, 1.165) is 59.0 Å². The highest BCUT2D eigenvalue weighted by Gasteiger charge is 2.18. The molecule has 240 valence electrons. The third-order valence-electron chi connectivity index (χ3n) is 6.83. The summed E-state index contributed by atoms with van der Waals surface area (Å²) in [6.45, 7) is 12.7.